The summed E-state index contributed by atoms with van der Waals surface area (Å²) >= 11 is 1.64. The molecule has 0 aromatic carbocycles. The van der Waals surface area contributed by atoms with E-state index in [1.165, 1.54) is 0 Å². The maximum absolute atomic E-state index is 12.9. The average molecular weight is 434 g/mol. The van der Waals surface area contributed by atoms with Gasteiger partial charge in [-0.25, -0.2) is 9.78 Å². The topological polar surface area (TPSA) is 75.4 Å². The molecule has 7 heteroatoms. The number of carbonyl (C=O) groups is 1. The van der Waals surface area contributed by atoms with E-state index in [2.05, 4.69) is 18.0 Å². The first kappa shape index (κ1) is 24.5. The second kappa shape index (κ2) is 10.0. The molecule has 6 nitrogen and oxygen atoms in total. The van der Waals surface area contributed by atoms with Crippen LogP contribution in [0.1, 0.15) is 78.5 Å². The fourth-order valence-corrected chi connectivity index (χ4v) is 4.92. The largest absolute Gasteiger partial charge is 0.444 e. The van der Waals surface area contributed by atoms with Gasteiger partial charge in [0.05, 0.1) is 18.2 Å². The van der Waals surface area contributed by atoms with Gasteiger partial charge in [-0.2, -0.15) is 5.26 Å². The number of hydrogen-bond acceptors (Lipinski definition) is 6. The van der Waals surface area contributed by atoms with Crippen molar-refractivity contribution in [2.24, 2.45) is 0 Å². The van der Waals surface area contributed by atoms with Crippen LogP contribution in [0.4, 0.5) is 4.79 Å². The maximum Gasteiger partial charge on any atom is 0.412 e. The zero-order valence-corrected chi connectivity index (χ0v) is 20.1. The predicted octanol–water partition coefficient (Wildman–Crippen LogP) is 5.67. The molecule has 1 fully saturated rings. The normalized spacial score (nSPS) is 19.4. The van der Waals surface area contributed by atoms with Gasteiger partial charge in [0, 0.05) is 10.9 Å². The standard InChI is InChI=1S/C23H35N3O3S/c1-8-9-10-19(30-20-17(14-24)12-11-16(2)25-20)13-18-15-28-23(6,7)26(18)21(27)29-22(3,4)5/h11-12,18-19H,8-10,13,15H2,1-7H3/t18-,19-/m0/s1. The van der Waals surface area contributed by atoms with Crippen LogP contribution in [0.3, 0.4) is 0 Å². The number of pyridine rings is 1. The van der Waals surface area contributed by atoms with Gasteiger partial charge in [0.1, 0.15) is 22.4 Å². The Bertz CT molecular complexity index is 783. The van der Waals surface area contributed by atoms with Crippen molar-refractivity contribution < 1.29 is 14.3 Å². The van der Waals surface area contributed by atoms with E-state index in [1.54, 1.807) is 16.7 Å². The maximum atomic E-state index is 12.9. The molecular formula is C23H35N3O3S. The minimum Gasteiger partial charge on any atom is -0.444 e. The molecule has 30 heavy (non-hydrogen) atoms. The first-order valence-corrected chi connectivity index (χ1v) is 11.6. The van der Waals surface area contributed by atoms with Gasteiger partial charge in [0.25, 0.3) is 0 Å². The van der Waals surface area contributed by atoms with Crippen molar-refractivity contribution >= 4 is 17.9 Å². The molecule has 0 radical (unpaired) electrons. The summed E-state index contributed by atoms with van der Waals surface area (Å²) < 4.78 is 11.6. The minimum atomic E-state index is -0.716. The van der Waals surface area contributed by atoms with Crippen molar-refractivity contribution in [2.45, 2.75) is 102 Å². The van der Waals surface area contributed by atoms with E-state index in [1.807, 2.05) is 53.7 Å². The van der Waals surface area contributed by atoms with Crippen LogP contribution in [0.15, 0.2) is 17.2 Å². The summed E-state index contributed by atoms with van der Waals surface area (Å²) in [5.41, 5.74) is 0.210. The highest BCUT2D eigenvalue weighted by Crippen LogP contribution is 2.37. The highest BCUT2D eigenvalue weighted by atomic mass is 32.2. The van der Waals surface area contributed by atoms with Crippen LogP contribution in [0, 0.1) is 18.3 Å². The van der Waals surface area contributed by atoms with Crippen molar-refractivity contribution in [3.05, 3.63) is 23.4 Å². The van der Waals surface area contributed by atoms with Gasteiger partial charge in [-0.15, -0.1) is 11.8 Å². The fraction of sp³-hybridized carbons (Fsp3) is 0.696. The first-order chi connectivity index (χ1) is 14.0. The molecule has 0 unspecified atom stereocenters. The average Bonchev–Trinajstić information content (AvgIpc) is 2.92. The van der Waals surface area contributed by atoms with Crippen LogP contribution in [-0.2, 0) is 9.47 Å². The summed E-state index contributed by atoms with van der Waals surface area (Å²) in [4.78, 5) is 19.3. The van der Waals surface area contributed by atoms with E-state index >= 15 is 0 Å². The summed E-state index contributed by atoms with van der Waals surface area (Å²) in [6, 6.07) is 5.86. The van der Waals surface area contributed by atoms with Crippen molar-refractivity contribution in [3.8, 4) is 6.07 Å². The summed E-state index contributed by atoms with van der Waals surface area (Å²) in [6.07, 6.45) is 3.57. The van der Waals surface area contributed by atoms with E-state index in [9.17, 15) is 10.1 Å². The lowest BCUT2D eigenvalue weighted by Crippen LogP contribution is -2.50. The van der Waals surface area contributed by atoms with Crippen LogP contribution in [-0.4, -0.2) is 45.2 Å². The third kappa shape index (κ3) is 6.61. The van der Waals surface area contributed by atoms with Crippen LogP contribution in [0.25, 0.3) is 0 Å². The summed E-state index contributed by atoms with van der Waals surface area (Å²) in [5, 5.41) is 10.5. The Labute approximate surface area is 185 Å². The quantitative estimate of drug-likeness (QED) is 0.515. The minimum absolute atomic E-state index is 0.0837. The Morgan fingerprint density at radius 3 is 2.77 bits per heavy atom. The smallest absolute Gasteiger partial charge is 0.412 e. The lowest BCUT2D eigenvalue weighted by atomic mass is 10.1. The number of amides is 1. The summed E-state index contributed by atoms with van der Waals surface area (Å²) in [6.45, 7) is 14.0. The van der Waals surface area contributed by atoms with Crippen LogP contribution in [0.2, 0.25) is 0 Å². The number of thioether (sulfide) groups is 1. The zero-order chi connectivity index (χ0) is 22.5. The summed E-state index contributed by atoms with van der Waals surface area (Å²) in [7, 11) is 0. The molecule has 1 saturated heterocycles. The molecule has 1 aromatic heterocycles. The Hall–Kier alpha value is -1.78. The fourth-order valence-electron chi connectivity index (χ4n) is 3.56. The molecule has 1 aliphatic heterocycles. The number of unbranched alkanes of at least 4 members (excludes halogenated alkanes) is 1. The monoisotopic (exact) mass is 433 g/mol. The Balaban J connectivity index is 2.23. The molecule has 2 heterocycles. The van der Waals surface area contributed by atoms with Crippen molar-refractivity contribution in [1.29, 1.82) is 5.26 Å². The molecule has 0 spiro atoms. The van der Waals surface area contributed by atoms with Gasteiger partial charge < -0.3 is 9.47 Å². The molecular weight excluding hydrogens is 398 g/mol. The number of nitrogens with zero attached hydrogens (tertiary/aromatic N) is 3. The Morgan fingerprint density at radius 2 is 2.17 bits per heavy atom. The number of hydrogen-bond donors (Lipinski definition) is 0. The summed E-state index contributed by atoms with van der Waals surface area (Å²) in [5.74, 6) is 0. The van der Waals surface area contributed by atoms with E-state index in [0.29, 0.717) is 12.2 Å². The van der Waals surface area contributed by atoms with E-state index < -0.39 is 11.3 Å². The van der Waals surface area contributed by atoms with Crippen LogP contribution < -0.4 is 0 Å². The number of aromatic nitrogens is 1. The molecule has 1 aromatic rings. The number of nitriles is 1. The van der Waals surface area contributed by atoms with E-state index in [0.717, 1.165) is 36.4 Å². The van der Waals surface area contributed by atoms with Crippen molar-refractivity contribution in [1.82, 2.24) is 9.88 Å². The van der Waals surface area contributed by atoms with Gasteiger partial charge >= 0.3 is 6.09 Å². The molecule has 1 amide bonds. The van der Waals surface area contributed by atoms with Gasteiger partial charge in [0.2, 0.25) is 0 Å². The second-order valence-electron chi connectivity index (χ2n) is 9.30. The Morgan fingerprint density at radius 1 is 1.47 bits per heavy atom. The third-order valence-corrected chi connectivity index (χ3v) is 6.27. The lowest BCUT2D eigenvalue weighted by Gasteiger charge is -2.36. The van der Waals surface area contributed by atoms with Gasteiger partial charge in [-0.1, -0.05) is 19.8 Å². The van der Waals surface area contributed by atoms with E-state index in [4.69, 9.17) is 9.47 Å². The number of rotatable bonds is 7. The Kier molecular flexibility index (Phi) is 8.18. The second-order valence-corrected chi connectivity index (χ2v) is 10.6. The molecule has 0 N–H and O–H groups in total. The molecule has 166 valence electrons. The highest BCUT2D eigenvalue weighted by Gasteiger charge is 2.46. The number of ether oxygens (including phenoxy) is 2. The first-order valence-electron chi connectivity index (χ1n) is 10.7. The van der Waals surface area contributed by atoms with Crippen molar-refractivity contribution in [3.63, 3.8) is 0 Å². The highest BCUT2D eigenvalue weighted by molar-refractivity contribution is 7.99. The van der Waals surface area contributed by atoms with Gasteiger partial charge in [-0.05, 0) is 66.5 Å². The SMILES string of the molecule is CCCC[C@@H](C[C@H]1COC(C)(C)N1C(=O)OC(C)(C)C)Sc1nc(C)ccc1C#N. The molecule has 2 rings (SSSR count). The van der Waals surface area contributed by atoms with Crippen molar-refractivity contribution in [2.75, 3.05) is 6.61 Å². The third-order valence-electron chi connectivity index (χ3n) is 4.98. The number of carbonyl (C=O) groups excluding carboxylic acids is 1. The van der Waals surface area contributed by atoms with Gasteiger partial charge in [0.15, 0.2) is 0 Å². The molecule has 0 bridgehead atoms. The molecule has 2 atom stereocenters. The molecule has 0 saturated carbocycles. The predicted molar refractivity (Wildman–Crippen MR) is 119 cm³/mol. The zero-order valence-electron chi connectivity index (χ0n) is 19.3. The van der Waals surface area contributed by atoms with Crippen LogP contribution >= 0.6 is 11.8 Å². The van der Waals surface area contributed by atoms with Crippen LogP contribution in [0.5, 0.6) is 0 Å². The van der Waals surface area contributed by atoms with Gasteiger partial charge in [-0.3, -0.25) is 4.90 Å². The van der Waals surface area contributed by atoms with E-state index in [-0.39, 0.29) is 17.4 Å². The number of aryl methyl sites for hydroxylation is 1. The molecule has 0 aliphatic carbocycles. The lowest BCUT2D eigenvalue weighted by molar-refractivity contribution is -0.0626. The molecule has 1 aliphatic rings.